The fourth-order valence-corrected chi connectivity index (χ4v) is 4.11. The molecule has 106 valence electrons. The Balaban J connectivity index is 1.71. The highest BCUT2D eigenvalue weighted by Crippen LogP contribution is 2.41. The van der Waals surface area contributed by atoms with Crippen molar-refractivity contribution in [3.63, 3.8) is 0 Å². The molecule has 0 amide bonds. The Morgan fingerprint density at radius 3 is 2.89 bits per heavy atom. The van der Waals surface area contributed by atoms with E-state index < -0.39 is 0 Å². The number of nitrogens with zero attached hydrogens (tertiary/aromatic N) is 2. The summed E-state index contributed by atoms with van der Waals surface area (Å²) >= 11 is 1.81. The second-order valence-electron chi connectivity index (χ2n) is 6.42. The molecule has 4 heteroatoms. The summed E-state index contributed by atoms with van der Waals surface area (Å²) in [6.07, 6.45) is 4.03. The lowest BCUT2D eigenvalue weighted by molar-refractivity contribution is 0.0665. The Hall–Kier alpha value is -0.450. The molecule has 1 aliphatic carbocycles. The van der Waals surface area contributed by atoms with Gasteiger partial charge in [0.1, 0.15) is 5.01 Å². The van der Waals surface area contributed by atoms with E-state index in [1.807, 2.05) is 0 Å². The van der Waals surface area contributed by atoms with Crippen LogP contribution in [0.15, 0.2) is 5.38 Å². The number of aryl methyl sites for hydroxylation is 1. The number of hydrogen-bond acceptors (Lipinski definition) is 4. The van der Waals surface area contributed by atoms with Gasteiger partial charge in [0, 0.05) is 35.7 Å². The van der Waals surface area contributed by atoms with Crippen LogP contribution in [0.2, 0.25) is 0 Å². The van der Waals surface area contributed by atoms with Crippen LogP contribution >= 0.6 is 11.3 Å². The van der Waals surface area contributed by atoms with Crippen molar-refractivity contribution in [3.05, 3.63) is 16.1 Å². The molecule has 3 nitrogen and oxygen atoms in total. The Morgan fingerprint density at radius 1 is 1.53 bits per heavy atom. The molecule has 0 spiro atoms. The first-order chi connectivity index (χ1) is 9.10. The molecule has 1 aliphatic heterocycles. The summed E-state index contributed by atoms with van der Waals surface area (Å²) in [5.41, 5.74) is 1.49. The van der Waals surface area contributed by atoms with Crippen LogP contribution in [0.3, 0.4) is 0 Å². The smallest absolute Gasteiger partial charge is 0.107 e. The summed E-state index contributed by atoms with van der Waals surface area (Å²) < 4.78 is 0. The molecule has 2 heterocycles. The number of thiazole rings is 1. The van der Waals surface area contributed by atoms with Crippen molar-refractivity contribution in [1.82, 2.24) is 15.2 Å². The van der Waals surface area contributed by atoms with Crippen molar-refractivity contribution in [3.8, 4) is 0 Å². The topological polar surface area (TPSA) is 28.2 Å². The van der Waals surface area contributed by atoms with Crippen LogP contribution in [-0.2, 0) is 6.54 Å². The normalized spacial score (nSPS) is 32.7. The fraction of sp³-hybridized carbons (Fsp3) is 0.800. The molecule has 3 rings (SSSR count). The summed E-state index contributed by atoms with van der Waals surface area (Å²) in [4.78, 5) is 7.30. The van der Waals surface area contributed by atoms with Crippen molar-refractivity contribution in [2.24, 2.45) is 5.92 Å². The quantitative estimate of drug-likeness (QED) is 0.918. The largest absolute Gasteiger partial charge is 0.308 e. The Bertz CT molecular complexity index is 440. The van der Waals surface area contributed by atoms with Gasteiger partial charge >= 0.3 is 0 Å². The maximum Gasteiger partial charge on any atom is 0.107 e. The molecule has 1 aromatic rings. The van der Waals surface area contributed by atoms with E-state index >= 15 is 0 Å². The Labute approximate surface area is 120 Å². The monoisotopic (exact) mass is 279 g/mol. The molecule has 0 bridgehead atoms. The number of nitrogens with one attached hydrogen (secondary N) is 1. The predicted molar refractivity (Wildman–Crippen MR) is 80.5 cm³/mol. The first kappa shape index (κ1) is 13.5. The van der Waals surface area contributed by atoms with Gasteiger partial charge < -0.3 is 5.32 Å². The molecule has 1 saturated carbocycles. The third kappa shape index (κ3) is 2.86. The van der Waals surface area contributed by atoms with Gasteiger partial charge in [-0.15, -0.1) is 11.3 Å². The maximum atomic E-state index is 4.64. The van der Waals surface area contributed by atoms with Crippen molar-refractivity contribution in [2.75, 3.05) is 13.1 Å². The molecule has 1 N–H and O–H groups in total. The highest BCUT2D eigenvalue weighted by Gasteiger charge is 2.45. The average Bonchev–Trinajstić information content (AvgIpc) is 3.16. The molecule has 0 aromatic carbocycles. The summed E-state index contributed by atoms with van der Waals surface area (Å²) in [6, 6.07) is 0.663. The van der Waals surface area contributed by atoms with E-state index in [2.05, 4.69) is 41.4 Å². The van der Waals surface area contributed by atoms with Crippen molar-refractivity contribution in [2.45, 2.75) is 58.2 Å². The highest BCUT2D eigenvalue weighted by molar-refractivity contribution is 7.09. The second-order valence-corrected chi connectivity index (χ2v) is 7.36. The van der Waals surface area contributed by atoms with Crippen molar-refractivity contribution >= 4 is 11.3 Å². The molecule has 1 saturated heterocycles. The van der Waals surface area contributed by atoms with Gasteiger partial charge in [0.25, 0.3) is 0 Å². The standard InChI is InChI=1S/C15H25N3S/c1-4-13-7-16-15(3,12-5-6-12)10-18(13)8-14-17-11(2)9-19-14/h9,12-13,16H,4-8,10H2,1-3H3. The lowest BCUT2D eigenvalue weighted by atomic mass is 9.90. The summed E-state index contributed by atoms with van der Waals surface area (Å²) in [7, 11) is 0. The maximum absolute atomic E-state index is 4.64. The van der Waals surface area contributed by atoms with Gasteiger partial charge in [0.2, 0.25) is 0 Å². The van der Waals surface area contributed by atoms with Crippen LogP contribution < -0.4 is 5.32 Å². The zero-order valence-electron chi connectivity index (χ0n) is 12.3. The van der Waals surface area contributed by atoms with Gasteiger partial charge in [-0.25, -0.2) is 4.98 Å². The molecule has 19 heavy (non-hydrogen) atoms. The van der Waals surface area contributed by atoms with Crippen molar-refractivity contribution in [1.29, 1.82) is 0 Å². The molecule has 2 fully saturated rings. The van der Waals surface area contributed by atoms with Gasteiger partial charge in [-0.3, -0.25) is 4.90 Å². The lowest BCUT2D eigenvalue weighted by Gasteiger charge is -2.46. The zero-order chi connectivity index (χ0) is 13.5. The van der Waals surface area contributed by atoms with Crippen LogP contribution in [0.25, 0.3) is 0 Å². The SMILES string of the molecule is CCC1CNC(C)(C2CC2)CN1Cc1nc(C)cs1. The minimum Gasteiger partial charge on any atom is -0.308 e. The van der Waals surface area contributed by atoms with Gasteiger partial charge in [-0.05, 0) is 39.0 Å². The number of piperazine rings is 1. The van der Waals surface area contributed by atoms with E-state index in [0.717, 1.165) is 24.7 Å². The van der Waals surface area contributed by atoms with Crippen LogP contribution in [0.1, 0.15) is 43.8 Å². The molecule has 0 radical (unpaired) electrons. The van der Waals surface area contributed by atoms with E-state index in [9.17, 15) is 0 Å². The first-order valence-corrected chi connectivity index (χ1v) is 8.39. The second kappa shape index (κ2) is 5.15. The van der Waals surface area contributed by atoms with Crippen molar-refractivity contribution < 1.29 is 0 Å². The minimum absolute atomic E-state index is 0.331. The zero-order valence-corrected chi connectivity index (χ0v) is 13.1. The molecular weight excluding hydrogens is 254 g/mol. The average molecular weight is 279 g/mol. The lowest BCUT2D eigenvalue weighted by Crippen LogP contribution is -2.63. The minimum atomic E-state index is 0.331. The number of aromatic nitrogens is 1. The van der Waals surface area contributed by atoms with Gasteiger partial charge in [-0.2, -0.15) is 0 Å². The van der Waals surface area contributed by atoms with Gasteiger partial charge in [0.05, 0.1) is 6.54 Å². The summed E-state index contributed by atoms with van der Waals surface area (Å²) in [5.74, 6) is 0.894. The van der Waals surface area contributed by atoms with Gasteiger partial charge in [-0.1, -0.05) is 6.92 Å². The molecular formula is C15H25N3S. The van der Waals surface area contributed by atoms with E-state index in [1.54, 1.807) is 11.3 Å². The van der Waals surface area contributed by atoms with Crippen LogP contribution in [0.5, 0.6) is 0 Å². The first-order valence-electron chi connectivity index (χ1n) is 7.51. The fourth-order valence-electron chi connectivity index (χ4n) is 3.32. The number of rotatable bonds is 4. The van der Waals surface area contributed by atoms with E-state index in [-0.39, 0.29) is 0 Å². The highest BCUT2D eigenvalue weighted by atomic mass is 32.1. The Kier molecular flexibility index (Phi) is 3.67. The van der Waals surface area contributed by atoms with E-state index in [0.29, 0.717) is 11.6 Å². The van der Waals surface area contributed by atoms with Crippen LogP contribution in [0, 0.1) is 12.8 Å². The Morgan fingerprint density at radius 2 is 2.32 bits per heavy atom. The predicted octanol–water partition coefficient (Wildman–Crippen LogP) is 2.80. The van der Waals surface area contributed by atoms with E-state index in [1.165, 1.54) is 30.8 Å². The third-order valence-electron chi connectivity index (χ3n) is 4.74. The molecule has 2 aliphatic rings. The summed E-state index contributed by atoms with van der Waals surface area (Å²) in [6.45, 7) is 10.1. The molecule has 2 atom stereocenters. The number of hydrogen-bond donors (Lipinski definition) is 1. The van der Waals surface area contributed by atoms with Crippen LogP contribution in [-0.4, -0.2) is 34.6 Å². The third-order valence-corrected chi connectivity index (χ3v) is 5.70. The van der Waals surface area contributed by atoms with Gasteiger partial charge in [0.15, 0.2) is 0 Å². The summed E-state index contributed by atoms with van der Waals surface area (Å²) in [5, 5.41) is 7.26. The molecule has 2 unspecified atom stereocenters. The van der Waals surface area contributed by atoms with E-state index in [4.69, 9.17) is 0 Å². The molecule has 1 aromatic heterocycles. The van der Waals surface area contributed by atoms with Crippen LogP contribution in [0.4, 0.5) is 0 Å².